The number of amides is 2. The van der Waals surface area contributed by atoms with Crippen LogP contribution in [-0.2, 0) is 6.54 Å². The van der Waals surface area contributed by atoms with Gasteiger partial charge in [0.2, 0.25) is 0 Å². The molecule has 2 aromatic heterocycles. The summed E-state index contributed by atoms with van der Waals surface area (Å²) in [5.41, 5.74) is 1.60. The van der Waals surface area contributed by atoms with E-state index in [9.17, 15) is 14.4 Å². The number of carbonyl (C=O) groups is 2. The van der Waals surface area contributed by atoms with Crippen LogP contribution in [0, 0.1) is 0 Å². The van der Waals surface area contributed by atoms with Crippen molar-refractivity contribution < 1.29 is 14.7 Å². The predicted molar refractivity (Wildman–Crippen MR) is 141 cm³/mol. The maximum atomic E-state index is 13.8. The van der Waals surface area contributed by atoms with Gasteiger partial charge >= 0.3 is 6.09 Å². The van der Waals surface area contributed by atoms with E-state index in [0.29, 0.717) is 41.3 Å². The zero-order valence-corrected chi connectivity index (χ0v) is 21.1. The highest BCUT2D eigenvalue weighted by Crippen LogP contribution is 2.26. The lowest BCUT2D eigenvalue weighted by molar-refractivity contribution is 0.0652. The number of nitrogens with one attached hydrogen (secondary N) is 1. The molecule has 2 amide bonds. The third-order valence-electron chi connectivity index (χ3n) is 6.13. The van der Waals surface area contributed by atoms with Crippen molar-refractivity contribution in [1.29, 1.82) is 0 Å². The van der Waals surface area contributed by atoms with Crippen LogP contribution < -0.4 is 10.9 Å². The average Bonchev–Trinajstić information content (AvgIpc) is 3.37. The molecule has 0 bridgehead atoms. The Bertz CT molecular complexity index is 1430. The molecule has 1 unspecified atom stereocenters. The van der Waals surface area contributed by atoms with Crippen LogP contribution in [0.5, 0.6) is 0 Å². The maximum Gasteiger partial charge on any atom is 0.404 e. The summed E-state index contributed by atoms with van der Waals surface area (Å²) in [6.45, 7) is 2.66. The van der Waals surface area contributed by atoms with Gasteiger partial charge < -0.3 is 15.3 Å². The molecule has 2 heterocycles. The minimum atomic E-state index is -1.13. The monoisotopic (exact) mass is 521 g/mol. The minimum absolute atomic E-state index is 0.178. The molecule has 0 saturated carbocycles. The number of benzene rings is 2. The summed E-state index contributed by atoms with van der Waals surface area (Å²) in [6.07, 6.45) is 1.46. The Hall–Kier alpha value is -4.11. The molecule has 0 radical (unpaired) electrons. The van der Waals surface area contributed by atoms with Gasteiger partial charge in [-0.25, -0.2) is 9.31 Å². The molecule has 0 aliphatic carbocycles. The number of hydrogen-bond acceptors (Lipinski definition) is 4. The molecular formula is C27H28ClN5O4. The zero-order valence-electron chi connectivity index (χ0n) is 20.4. The van der Waals surface area contributed by atoms with Gasteiger partial charge in [-0.2, -0.15) is 5.10 Å². The molecule has 0 aliphatic heterocycles. The first-order valence-corrected chi connectivity index (χ1v) is 12.4. The van der Waals surface area contributed by atoms with Gasteiger partial charge in [-0.1, -0.05) is 48.9 Å². The van der Waals surface area contributed by atoms with E-state index in [4.69, 9.17) is 21.8 Å². The molecule has 0 fully saturated rings. The van der Waals surface area contributed by atoms with Crippen LogP contribution in [0.15, 0.2) is 77.7 Å². The topological polar surface area (TPSA) is 109 Å². The lowest BCUT2D eigenvalue weighted by Crippen LogP contribution is -2.41. The fraction of sp³-hybridized carbons (Fsp3) is 0.259. The Labute approximate surface area is 218 Å². The third-order valence-corrected chi connectivity index (χ3v) is 6.38. The van der Waals surface area contributed by atoms with Gasteiger partial charge in [0.15, 0.2) is 5.82 Å². The van der Waals surface area contributed by atoms with Crippen molar-refractivity contribution in [1.82, 2.24) is 24.4 Å². The van der Waals surface area contributed by atoms with Gasteiger partial charge in [0, 0.05) is 29.9 Å². The number of halogens is 1. The molecule has 0 saturated heterocycles. The van der Waals surface area contributed by atoms with E-state index >= 15 is 0 Å². The highest BCUT2D eigenvalue weighted by molar-refractivity contribution is 6.30. The van der Waals surface area contributed by atoms with Crippen molar-refractivity contribution in [2.45, 2.75) is 32.4 Å². The molecule has 4 rings (SSSR count). The summed E-state index contributed by atoms with van der Waals surface area (Å²) in [5.74, 6) is 0.195. The first-order valence-electron chi connectivity index (χ1n) is 12.0. The van der Waals surface area contributed by atoms with E-state index in [-0.39, 0.29) is 24.6 Å². The standard InChI is InChI=1S/C27H28ClN5O4/c1-2-22(31(16-7-15-29-27(36)37)25(34)20-11-13-21(28)14-12-20)24-30-33-17-6-10-23(33)26(35)32(24)18-19-8-4-3-5-9-19/h3-6,8-14,17,22,29H,2,7,15-16,18H2,1H3,(H,36,37). The molecule has 37 heavy (non-hydrogen) atoms. The first-order chi connectivity index (χ1) is 17.9. The highest BCUT2D eigenvalue weighted by Gasteiger charge is 2.29. The van der Waals surface area contributed by atoms with Gasteiger partial charge in [0.25, 0.3) is 11.5 Å². The van der Waals surface area contributed by atoms with Gasteiger partial charge in [0.05, 0.1) is 12.6 Å². The number of carboxylic acid groups (broad SMARTS) is 1. The second kappa shape index (κ2) is 11.7. The summed E-state index contributed by atoms with van der Waals surface area (Å²) in [4.78, 5) is 39.9. The van der Waals surface area contributed by atoms with E-state index in [1.807, 2.05) is 37.3 Å². The summed E-state index contributed by atoms with van der Waals surface area (Å²) in [7, 11) is 0. The smallest absolute Gasteiger partial charge is 0.404 e. The van der Waals surface area contributed by atoms with Crippen molar-refractivity contribution in [2.24, 2.45) is 0 Å². The van der Waals surface area contributed by atoms with Gasteiger partial charge in [-0.05, 0) is 54.8 Å². The van der Waals surface area contributed by atoms with Crippen molar-refractivity contribution >= 4 is 29.1 Å². The number of nitrogens with zero attached hydrogens (tertiary/aromatic N) is 4. The summed E-state index contributed by atoms with van der Waals surface area (Å²) in [6, 6.07) is 19.1. The zero-order chi connectivity index (χ0) is 26.4. The summed E-state index contributed by atoms with van der Waals surface area (Å²) in [5, 5.41) is 16.6. The van der Waals surface area contributed by atoms with Crippen LogP contribution >= 0.6 is 11.6 Å². The number of aromatic nitrogens is 3. The van der Waals surface area contributed by atoms with Crippen molar-refractivity contribution in [2.75, 3.05) is 13.1 Å². The Morgan fingerprint density at radius 2 is 1.81 bits per heavy atom. The lowest BCUT2D eigenvalue weighted by Gasteiger charge is -2.32. The third kappa shape index (κ3) is 6.00. The Morgan fingerprint density at radius 1 is 1.08 bits per heavy atom. The second-order valence-electron chi connectivity index (χ2n) is 8.59. The average molecular weight is 522 g/mol. The molecule has 1 atom stereocenters. The SMILES string of the molecule is CCC(c1nn2cccc2c(=O)n1Cc1ccccc1)N(CCCNC(=O)O)C(=O)c1ccc(Cl)cc1. The predicted octanol–water partition coefficient (Wildman–Crippen LogP) is 4.45. The summed E-state index contributed by atoms with van der Waals surface area (Å²) < 4.78 is 3.16. The van der Waals surface area contributed by atoms with E-state index in [1.54, 1.807) is 56.6 Å². The second-order valence-corrected chi connectivity index (χ2v) is 9.02. The molecule has 4 aromatic rings. The van der Waals surface area contributed by atoms with E-state index < -0.39 is 12.1 Å². The number of hydrogen-bond donors (Lipinski definition) is 2. The first kappa shape index (κ1) is 26.0. The Morgan fingerprint density at radius 3 is 2.49 bits per heavy atom. The fourth-order valence-corrected chi connectivity index (χ4v) is 4.47. The molecule has 9 nitrogen and oxygen atoms in total. The molecule has 0 aliphatic rings. The van der Waals surface area contributed by atoms with E-state index in [1.165, 1.54) is 0 Å². The van der Waals surface area contributed by atoms with E-state index in [2.05, 4.69) is 5.32 Å². The maximum absolute atomic E-state index is 13.8. The van der Waals surface area contributed by atoms with Gasteiger partial charge in [0.1, 0.15) is 5.52 Å². The van der Waals surface area contributed by atoms with Crippen molar-refractivity contribution in [3.63, 3.8) is 0 Å². The van der Waals surface area contributed by atoms with Crippen LogP contribution in [0.25, 0.3) is 5.52 Å². The van der Waals surface area contributed by atoms with Crippen LogP contribution in [0.1, 0.15) is 47.6 Å². The lowest BCUT2D eigenvalue weighted by atomic mass is 10.1. The fourth-order valence-electron chi connectivity index (χ4n) is 4.35. The quantitative estimate of drug-likeness (QED) is 0.300. The summed E-state index contributed by atoms with van der Waals surface area (Å²) >= 11 is 6.03. The number of carbonyl (C=O) groups excluding carboxylic acids is 1. The van der Waals surface area contributed by atoms with Crippen LogP contribution in [0.4, 0.5) is 4.79 Å². The molecule has 2 N–H and O–H groups in total. The van der Waals surface area contributed by atoms with E-state index in [0.717, 1.165) is 5.56 Å². The van der Waals surface area contributed by atoms with Gasteiger partial charge in [-0.3, -0.25) is 14.2 Å². The molecular weight excluding hydrogens is 494 g/mol. The normalized spacial score (nSPS) is 11.8. The van der Waals surface area contributed by atoms with Crippen LogP contribution in [0.3, 0.4) is 0 Å². The van der Waals surface area contributed by atoms with Gasteiger partial charge in [-0.15, -0.1) is 0 Å². The van der Waals surface area contributed by atoms with Crippen LogP contribution in [-0.4, -0.2) is 49.3 Å². The van der Waals surface area contributed by atoms with Crippen molar-refractivity contribution in [3.8, 4) is 0 Å². The van der Waals surface area contributed by atoms with Crippen LogP contribution in [0.2, 0.25) is 5.02 Å². The molecule has 0 spiro atoms. The molecule has 192 valence electrons. The Kier molecular flexibility index (Phi) is 8.25. The largest absolute Gasteiger partial charge is 0.465 e. The highest BCUT2D eigenvalue weighted by atomic mass is 35.5. The molecule has 2 aromatic carbocycles. The van der Waals surface area contributed by atoms with Crippen molar-refractivity contribution in [3.05, 3.63) is 105 Å². The number of fused-ring (bicyclic) bond motifs is 1. The number of rotatable bonds is 10. The Balaban J connectivity index is 1.79. The molecule has 10 heteroatoms. The minimum Gasteiger partial charge on any atom is -0.465 e.